The summed E-state index contributed by atoms with van der Waals surface area (Å²) in [7, 11) is 0. The Morgan fingerprint density at radius 1 is 1.00 bits per heavy atom. The van der Waals surface area contributed by atoms with Gasteiger partial charge in [-0.25, -0.2) is 0 Å². The third-order valence-corrected chi connectivity index (χ3v) is 6.46. The van der Waals surface area contributed by atoms with Crippen molar-refractivity contribution in [2.75, 3.05) is 5.75 Å². The summed E-state index contributed by atoms with van der Waals surface area (Å²) in [6, 6.07) is 16.1. The lowest BCUT2D eigenvalue weighted by Crippen LogP contribution is -2.08. The van der Waals surface area contributed by atoms with E-state index in [-0.39, 0.29) is 5.78 Å². The van der Waals surface area contributed by atoms with E-state index < -0.39 is 0 Å². The van der Waals surface area contributed by atoms with E-state index in [2.05, 4.69) is 50.3 Å². The van der Waals surface area contributed by atoms with Crippen molar-refractivity contribution in [3.63, 3.8) is 0 Å². The number of rotatable bonds is 9. The number of hydrogen-bond acceptors (Lipinski definition) is 5. The largest absolute Gasteiger partial charge is 0.348 e. The van der Waals surface area contributed by atoms with Crippen molar-refractivity contribution in [2.24, 2.45) is 0 Å². The van der Waals surface area contributed by atoms with Crippen molar-refractivity contribution in [3.8, 4) is 11.4 Å². The third kappa shape index (κ3) is 4.67. The van der Waals surface area contributed by atoms with Crippen LogP contribution in [0.25, 0.3) is 11.4 Å². The predicted molar refractivity (Wildman–Crippen MR) is 128 cm³/mol. The highest BCUT2D eigenvalue weighted by atomic mass is 32.2. The average molecular weight is 446 g/mol. The Bertz CT molecular complexity index is 1200. The number of nitrogens with zero attached hydrogens (tertiary/aromatic N) is 5. The molecule has 0 radical (unpaired) electrons. The topological polar surface area (TPSA) is 65.6 Å². The lowest BCUT2D eigenvalue weighted by molar-refractivity contribution is 0.102. The van der Waals surface area contributed by atoms with E-state index in [1.54, 1.807) is 12.4 Å². The van der Waals surface area contributed by atoms with Gasteiger partial charge in [-0.15, -0.1) is 10.2 Å². The molecule has 0 amide bonds. The number of pyridine rings is 1. The van der Waals surface area contributed by atoms with Crippen LogP contribution in [0.1, 0.15) is 40.7 Å². The van der Waals surface area contributed by atoms with Crippen LogP contribution in [0, 0.1) is 13.8 Å². The van der Waals surface area contributed by atoms with Crippen LogP contribution >= 0.6 is 11.8 Å². The number of benzene rings is 1. The SMILES string of the molecule is CCCn1c(C)cc(C(=O)CSc2nnc(-c3ccncc3)n2Cc2ccccc2)c1C. The first-order chi connectivity index (χ1) is 15.6. The van der Waals surface area contributed by atoms with Crippen molar-refractivity contribution < 1.29 is 4.79 Å². The minimum atomic E-state index is 0.116. The normalized spacial score (nSPS) is 11.1. The molecule has 0 N–H and O–H groups in total. The minimum Gasteiger partial charge on any atom is -0.348 e. The number of aryl methyl sites for hydroxylation is 1. The number of carbonyl (C=O) groups excluding carboxylic acids is 1. The zero-order valence-corrected chi connectivity index (χ0v) is 19.5. The number of carbonyl (C=O) groups is 1. The van der Waals surface area contributed by atoms with Gasteiger partial charge in [-0.3, -0.25) is 14.3 Å². The number of Topliss-reactive ketones (excluding diaryl/α,β-unsaturated/α-hetero) is 1. The zero-order chi connectivity index (χ0) is 22.5. The van der Waals surface area contributed by atoms with E-state index >= 15 is 0 Å². The number of thioether (sulfide) groups is 1. The van der Waals surface area contributed by atoms with E-state index in [1.807, 2.05) is 43.3 Å². The second-order valence-corrected chi connectivity index (χ2v) is 8.70. The van der Waals surface area contributed by atoms with Crippen molar-refractivity contribution in [3.05, 3.63) is 83.4 Å². The molecule has 0 spiro atoms. The summed E-state index contributed by atoms with van der Waals surface area (Å²) in [5.41, 5.74) is 5.07. The van der Waals surface area contributed by atoms with Gasteiger partial charge in [0.1, 0.15) is 0 Å². The molecule has 0 saturated carbocycles. The molecule has 0 atom stereocenters. The molecule has 0 unspecified atom stereocenters. The molecule has 0 aliphatic carbocycles. The fourth-order valence-electron chi connectivity index (χ4n) is 3.88. The van der Waals surface area contributed by atoms with Crippen LogP contribution in [-0.2, 0) is 13.1 Å². The summed E-state index contributed by atoms with van der Waals surface area (Å²) in [6.07, 6.45) is 4.54. The van der Waals surface area contributed by atoms with Crippen molar-refractivity contribution in [1.82, 2.24) is 24.3 Å². The Kier molecular flexibility index (Phi) is 6.85. The molecule has 1 aromatic carbocycles. The Balaban J connectivity index is 1.59. The Hall–Kier alpha value is -3.19. The smallest absolute Gasteiger partial charge is 0.192 e. The molecule has 3 heterocycles. The fraction of sp³-hybridized carbons (Fsp3) is 0.280. The van der Waals surface area contributed by atoms with Gasteiger partial charge >= 0.3 is 0 Å². The van der Waals surface area contributed by atoms with Crippen LogP contribution in [0.5, 0.6) is 0 Å². The summed E-state index contributed by atoms with van der Waals surface area (Å²) in [4.78, 5) is 17.2. The van der Waals surface area contributed by atoms with Crippen LogP contribution < -0.4 is 0 Å². The molecule has 0 fully saturated rings. The first-order valence-corrected chi connectivity index (χ1v) is 11.8. The molecule has 7 heteroatoms. The van der Waals surface area contributed by atoms with Crippen LogP contribution in [0.2, 0.25) is 0 Å². The predicted octanol–water partition coefficient (Wildman–Crippen LogP) is 5.19. The van der Waals surface area contributed by atoms with Gasteiger partial charge in [0.25, 0.3) is 0 Å². The zero-order valence-electron chi connectivity index (χ0n) is 18.7. The van der Waals surface area contributed by atoms with Crippen LogP contribution in [-0.4, -0.2) is 35.9 Å². The first-order valence-electron chi connectivity index (χ1n) is 10.8. The third-order valence-electron chi connectivity index (χ3n) is 5.49. The number of hydrogen-bond donors (Lipinski definition) is 0. The molecule has 0 aliphatic rings. The highest BCUT2D eigenvalue weighted by Gasteiger charge is 2.19. The molecular weight excluding hydrogens is 418 g/mol. The van der Waals surface area contributed by atoms with Gasteiger partial charge in [0, 0.05) is 41.5 Å². The van der Waals surface area contributed by atoms with Gasteiger partial charge in [0.15, 0.2) is 16.8 Å². The molecule has 164 valence electrons. The van der Waals surface area contributed by atoms with Crippen LogP contribution in [0.3, 0.4) is 0 Å². The highest BCUT2D eigenvalue weighted by molar-refractivity contribution is 7.99. The Morgan fingerprint density at radius 3 is 2.47 bits per heavy atom. The Labute approximate surface area is 192 Å². The second kappa shape index (κ2) is 9.96. The first kappa shape index (κ1) is 22.0. The van der Waals surface area contributed by atoms with Gasteiger partial charge in [-0.1, -0.05) is 49.0 Å². The van der Waals surface area contributed by atoms with E-state index in [0.717, 1.165) is 52.0 Å². The van der Waals surface area contributed by atoms with Crippen LogP contribution in [0.4, 0.5) is 0 Å². The second-order valence-electron chi connectivity index (χ2n) is 7.76. The molecule has 4 rings (SSSR count). The van der Waals surface area contributed by atoms with E-state index in [4.69, 9.17) is 0 Å². The fourth-order valence-corrected chi connectivity index (χ4v) is 4.70. The maximum Gasteiger partial charge on any atom is 0.192 e. The maximum absolute atomic E-state index is 13.1. The molecule has 4 aromatic rings. The van der Waals surface area contributed by atoms with Gasteiger partial charge in [0.05, 0.1) is 12.3 Å². The summed E-state index contributed by atoms with van der Waals surface area (Å²) < 4.78 is 4.29. The molecular formula is C25H27N5OS. The molecule has 0 aliphatic heterocycles. The van der Waals surface area contributed by atoms with Gasteiger partial charge in [-0.2, -0.15) is 0 Å². The molecule has 0 saturated heterocycles. The lowest BCUT2D eigenvalue weighted by Gasteiger charge is -2.10. The van der Waals surface area contributed by atoms with E-state index in [9.17, 15) is 4.79 Å². The van der Waals surface area contributed by atoms with E-state index in [0.29, 0.717) is 12.3 Å². The number of ketones is 1. The monoisotopic (exact) mass is 445 g/mol. The van der Waals surface area contributed by atoms with Crippen molar-refractivity contribution in [2.45, 2.75) is 45.4 Å². The van der Waals surface area contributed by atoms with Crippen LogP contribution in [0.15, 0.2) is 66.1 Å². The van der Waals surface area contributed by atoms with Crippen molar-refractivity contribution >= 4 is 17.5 Å². The standard InChI is InChI=1S/C25H27N5OS/c1-4-14-29-18(2)15-22(19(29)3)23(31)17-32-25-28-27-24(21-10-12-26-13-11-21)30(25)16-20-8-6-5-7-9-20/h5-13,15H,4,14,16-17H2,1-3H3. The quantitative estimate of drug-likeness (QED) is 0.262. The molecule has 6 nitrogen and oxygen atoms in total. The molecule has 0 bridgehead atoms. The summed E-state index contributed by atoms with van der Waals surface area (Å²) in [6.45, 7) is 7.80. The molecule has 3 aromatic heterocycles. The molecule has 32 heavy (non-hydrogen) atoms. The summed E-state index contributed by atoms with van der Waals surface area (Å²) in [5, 5.41) is 9.60. The minimum absolute atomic E-state index is 0.116. The number of aromatic nitrogens is 5. The average Bonchev–Trinajstić information content (AvgIpc) is 3.34. The summed E-state index contributed by atoms with van der Waals surface area (Å²) in [5.74, 6) is 1.21. The van der Waals surface area contributed by atoms with Gasteiger partial charge in [-0.05, 0) is 44.0 Å². The highest BCUT2D eigenvalue weighted by Crippen LogP contribution is 2.26. The van der Waals surface area contributed by atoms with E-state index in [1.165, 1.54) is 11.8 Å². The van der Waals surface area contributed by atoms with Gasteiger partial charge in [0.2, 0.25) is 0 Å². The summed E-state index contributed by atoms with van der Waals surface area (Å²) >= 11 is 1.44. The Morgan fingerprint density at radius 2 is 1.75 bits per heavy atom. The lowest BCUT2D eigenvalue weighted by atomic mass is 10.2. The van der Waals surface area contributed by atoms with Gasteiger partial charge < -0.3 is 4.57 Å². The van der Waals surface area contributed by atoms with Crippen molar-refractivity contribution in [1.29, 1.82) is 0 Å². The maximum atomic E-state index is 13.1.